The predicted octanol–water partition coefficient (Wildman–Crippen LogP) is 0.647. The number of rotatable bonds is 5. The minimum absolute atomic E-state index is 0.339. The van der Waals surface area contributed by atoms with Crippen LogP contribution in [0.15, 0.2) is 0 Å². The molecule has 0 spiro atoms. The fraction of sp³-hybridized carbons (Fsp3) is 0.750. The average Bonchev–Trinajstić information content (AvgIpc) is 2.03. The molecule has 0 aliphatic rings. The van der Waals surface area contributed by atoms with E-state index < -0.39 is 0 Å². The molecule has 0 N–H and O–H groups in total. The molecule has 0 rings (SSSR count). The summed E-state index contributed by atoms with van der Waals surface area (Å²) in [7, 11) is 3.21. The maximum atomic E-state index is 5.00. The molecule has 0 bridgehead atoms. The van der Waals surface area contributed by atoms with Gasteiger partial charge in [-0.3, -0.25) is 0 Å². The molecule has 0 aliphatic heterocycles. The smallest absolute Gasteiger partial charge is 0.146 e. The van der Waals surface area contributed by atoms with Crippen LogP contribution < -0.4 is 0 Å². The summed E-state index contributed by atoms with van der Waals surface area (Å²) in [5.41, 5.74) is 0. The average molecular weight is 158 g/mol. The highest BCUT2D eigenvalue weighted by Gasteiger charge is 1.81. The Balaban J connectivity index is 2.96. The van der Waals surface area contributed by atoms with E-state index in [0.717, 1.165) is 6.42 Å². The van der Waals surface area contributed by atoms with Crippen LogP contribution in [0.25, 0.3) is 0 Å². The first-order chi connectivity index (χ1) is 5.41. The molecule has 0 aromatic carbocycles. The molecule has 3 nitrogen and oxygen atoms in total. The van der Waals surface area contributed by atoms with E-state index in [2.05, 4.69) is 16.6 Å². The van der Waals surface area contributed by atoms with E-state index in [-0.39, 0.29) is 0 Å². The van der Waals surface area contributed by atoms with Crippen molar-refractivity contribution in [1.82, 2.24) is 0 Å². The Morgan fingerprint density at radius 2 is 1.91 bits per heavy atom. The Morgan fingerprint density at radius 3 is 2.55 bits per heavy atom. The normalized spacial score (nSPS) is 8.91. The van der Waals surface area contributed by atoms with Gasteiger partial charge in [0.1, 0.15) is 13.4 Å². The molecular formula is C8H14O3. The van der Waals surface area contributed by atoms with E-state index >= 15 is 0 Å². The fourth-order valence-corrected chi connectivity index (χ4v) is 0.477. The predicted molar refractivity (Wildman–Crippen MR) is 42.1 cm³/mol. The van der Waals surface area contributed by atoms with Crippen molar-refractivity contribution in [1.29, 1.82) is 0 Å². The summed E-state index contributed by atoms with van der Waals surface area (Å²) >= 11 is 0. The van der Waals surface area contributed by atoms with Crippen molar-refractivity contribution in [2.45, 2.75) is 6.42 Å². The van der Waals surface area contributed by atoms with Gasteiger partial charge in [0.25, 0.3) is 0 Å². The Labute approximate surface area is 67.6 Å². The van der Waals surface area contributed by atoms with Gasteiger partial charge in [0.2, 0.25) is 0 Å². The first-order valence-corrected chi connectivity index (χ1v) is 3.43. The largest absolute Gasteiger partial charge is 0.372 e. The molecule has 64 valence electrons. The van der Waals surface area contributed by atoms with Crippen molar-refractivity contribution in [3.8, 4) is 11.8 Å². The van der Waals surface area contributed by atoms with Crippen LogP contribution in [0.3, 0.4) is 0 Å². The van der Waals surface area contributed by atoms with E-state index in [1.807, 2.05) is 0 Å². The van der Waals surface area contributed by atoms with Gasteiger partial charge < -0.3 is 14.2 Å². The van der Waals surface area contributed by atoms with Crippen LogP contribution >= 0.6 is 0 Å². The van der Waals surface area contributed by atoms with Gasteiger partial charge in [-0.2, -0.15) is 0 Å². The summed E-state index contributed by atoms with van der Waals surface area (Å²) in [5.74, 6) is 5.71. The van der Waals surface area contributed by atoms with Crippen molar-refractivity contribution >= 4 is 0 Å². The lowest BCUT2D eigenvalue weighted by atomic mass is 10.4. The van der Waals surface area contributed by atoms with Gasteiger partial charge in [-0.05, 0) is 0 Å². The van der Waals surface area contributed by atoms with Crippen LogP contribution in [-0.4, -0.2) is 34.2 Å². The van der Waals surface area contributed by atoms with Crippen LogP contribution in [0.1, 0.15) is 6.42 Å². The van der Waals surface area contributed by atoms with Crippen molar-refractivity contribution in [3.63, 3.8) is 0 Å². The standard InChI is InChI=1S/C8H14O3/c1-9-6-4-3-5-7-11-8-10-2/h5-8H2,1-2H3. The third-order valence-corrected chi connectivity index (χ3v) is 0.914. The quantitative estimate of drug-likeness (QED) is 0.334. The first kappa shape index (κ1) is 10.4. The zero-order chi connectivity index (χ0) is 8.36. The van der Waals surface area contributed by atoms with Crippen molar-refractivity contribution in [2.75, 3.05) is 34.2 Å². The topological polar surface area (TPSA) is 27.7 Å². The molecule has 0 aromatic rings. The van der Waals surface area contributed by atoms with E-state index in [4.69, 9.17) is 9.47 Å². The summed E-state index contributed by atoms with van der Waals surface area (Å²) in [6.45, 7) is 1.45. The lowest BCUT2D eigenvalue weighted by Gasteiger charge is -1.96. The zero-order valence-corrected chi connectivity index (χ0v) is 7.05. The van der Waals surface area contributed by atoms with Gasteiger partial charge in [0.05, 0.1) is 6.61 Å². The summed E-state index contributed by atoms with van der Waals surface area (Å²) < 4.78 is 14.4. The minimum atomic E-state index is 0.339. The molecule has 3 heteroatoms. The second kappa shape index (κ2) is 9.44. The van der Waals surface area contributed by atoms with Crippen molar-refractivity contribution < 1.29 is 14.2 Å². The molecule has 0 aromatic heterocycles. The first-order valence-electron chi connectivity index (χ1n) is 3.43. The minimum Gasteiger partial charge on any atom is -0.372 e. The summed E-state index contributed by atoms with van der Waals surface area (Å²) in [5, 5.41) is 0. The summed E-state index contributed by atoms with van der Waals surface area (Å²) in [4.78, 5) is 0. The Hall–Kier alpha value is -0.560. The van der Waals surface area contributed by atoms with Crippen LogP contribution in [0, 0.1) is 11.8 Å². The molecule has 0 saturated carbocycles. The monoisotopic (exact) mass is 158 g/mol. The molecule has 0 radical (unpaired) electrons. The third kappa shape index (κ3) is 9.44. The Morgan fingerprint density at radius 1 is 1.09 bits per heavy atom. The molecule has 0 aliphatic carbocycles. The Kier molecular flexibility index (Phi) is 8.96. The Bertz CT molecular complexity index is 123. The highest BCUT2D eigenvalue weighted by atomic mass is 16.7. The molecule has 0 saturated heterocycles. The summed E-state index contributed by atoms with van der Waals surface area (Å²) in [6, 6.07) is 0. The van der Waals surface area contributed by atoms with Crippen LogP contribution in [-0.2, 0) is 14.2 Å². The fourth-order valence-electron chi connectivity index (χ4n) is 0.477. The van der Waals surface area contributed by atoms with Gasteiger partial charge in [0, 0.05) is 20.6 Å². The van der Waals surface area contributed by atoms with E-state index in [1.165, 1.54) is 0 Å². The maximum absolute atomic E-state index is 5.00. The molecular weight excluding hydrogens is 144 g/mol. The SMILES string of the molecule is COCC#CCCOCOC. The van der Waals surface area contributed by atoms with E-state index in [9.17, 15) is 0 Å². The second-order valence-electron chi connectivity index (χ2n) is 1.85. The van der Waals surface area contributed by atoms with E-state index in [1.54, 1.807) is 14.2 Å². The number of hydrogen-bond donors (Lipinski definition) is 0. The van der Waals surface area contributed by atoms with Crippen LogP contribution in [0.5, 0.6) is 0 Å². The van der Waals surface area contributed by atoms with Gasteiger partial charge in [0.15, 0.2) is 0 Å². The van der Waals surface area contributed by atoms with Gasteiger partial charge in [-0.25, -0.2) is 0 Å². The molecule has 0 atom stereocenters. The molecule has 0 fully saturated rings. The molecule has 11 heavy (non-hydrogen) atoms. The second-order valence-corrected chi connectivity index (χ2v) is 1.85. The van der Waals surface area contributed by atoms with Gasteiger partial charge in [-0.15, -0.1) is 0 Å². The lowest BCUT2D eigenvalue weighted by molar-refractivity contribution is -0.0281. The van der Waals surface area contributed by atoms with Crippen molar-refractivity contribution in [2.24, 2.45) is 0 Å². The molecule has 0 heterocycles. The van der Waals surface area contributed by atoms with E-state index in [0.29, 0.717) is 20.0 Å². The molecule has 0 unspecified atom stereocenters. The highest BCUT2D eigenvalue weighted by Crippen LogP contribution is 1.79. The van der Waals surface area contributed by atoms with Gasteiger partial charge >= 0.3 is 0 Å². The highest BCUT2D eigenvalue weighted by molar-refractivity contribution is 4.98. The number of hydrogen-bond acceptors (Lipinski definition) is 3. The third-order valence-electron chi connectivity index (χ3n) is 0.914. The maximum Gasteiger partial charge on any atom is 0.146 e. The van der Waals surface area contributed by atoms with Gasteiger partial charge in [-0.1, -0.05) is 11.8 Å². The summed E-state index contributed by atoms with van der Waals surface area (Å²) in [6.07, 6.45) is 0.729. The van der Waals surface area contributed by atoms with Crippen LogP contribution in [0.4, 0.5) is 0 Å². The zero-order valence-electron chi connectivity index (χ0n) is 7.05. The van der Waals surface area contributed by atoms with Crippen LogP contribution in [0.2, 0.25) is 0 Å². The number of methoxy groups -OCH3 is 2. The van der Waals surface area contributed by atoms with Crippen molar-refractivity contribution in [3.05, 3.63) is 0 Å². The number of ether oxygens (including phenoxy) is 3. The molecule has 0 amide bonds. The lowest BCUT2D eigenvalue weighted by Crippen LogP contribution is -1.97.